The molecule has 84 valence electrons. The van der Waals surface area contributed by atoms with Gasteiger partial charge in [-0.2, -0.15) is 0 Å². The van der Waals surface area contributed by atoms with Gasteiger partial charge in [0.1, 0.15) is 0 Å². The standard InChI is InChI=1S/C11H25N3/c1-14(2)10-9-12-8-6-11-5-3-4-7-13-11/h11-13H,3-10H2,1-2H3. The molecule has 0 aromatic rings. The lowest BCUT2D eigenvalue weighted by molar-refractivity contribution is 0.364. The first kappa shape index (κ1) is 12.0. The number of hydrogen-bond acceptors (Lipinski definition) is 3. The SMILES string of the molecule is CN(C)CCNCCC1CCCCN1. The lowest BCUT2D eigenvalue weighted by Crippen LogP contribution is -2.37. The molecule has 14 heavy (non-hydrogen) atoms. The van der Waals surface area contributed by atoms with Crippen molar-refractivity contribution in [1.82, 2.24) is 15.5 Å². The van der Waals surface area contributed by atoms with Crippen LogP contribution < -0.4 is 10.6 Å². The van der Waals surface area contributed by atoms with Gasteiger partial charge in [-0.05, 0) is 46.4 Å². The zero-order valence-electron chi connectivity index (χ0n) is 9.68. The van der Waals surface area contributed by atoms with Gasteiger partial charge < -0.3 is 15.5 Å². The smallest absolute Gasteiger partial charge is 0.0101 e. The Morgan fingerprint density at radius 2 is 2.14 bits per heavy atom. The van der Waals surface area contributed by atoms with E-state index >= 15 is 0 Å². The molecule has 1 atom stereocenters. The second-order valence-electron chi connectivity index (χ2n) is 4.49. The van der Waals surface area contributed by atoms with Crippen LogP contribution in [-0.2, 0) is 0 Å². The molecule has 0 aromatic heterocycles. The topological polar surface area (TPSA) is 27.3 Å². The fraction of sp³-hybridized carbons (Fsp3) is 1.00. The molecule has 0 bridgehead atoms. The Morgan fingerprint density at radius 1 is 1.29 bits per heavy atom. The van der Waals surface area contributed by atoms with Crippen molar-refractivity contribution in [3.05, 3.63) is 0 Å². The van der Waals surface area contributed by atoms with Gasteiger partial charge in [0.05, 0.1) is 0 Å². The zero-order chi connectivity index (χ0) is 10.2. The Labute approximate surface area is 88.2 Å². The number of nitrogens with zero attached hydrogens (tertiary/aromatic N) is 1. The minimum atomic E-state index is 0.774. The van der Waals surface area contributed by atoms with Gasteiger partial charge >= 0.3 is 0 Å². The average Bonchev–Trinajstić information content (AvgIpc) is 2.18. The maximum Gasteiger partial charge on any atom is 0.0101 e. The van der Waals surface area contributed by atoms with Crippen molar-refractivity contribution < 1.29 is 0 Å². The van der Waals surface area contributed by atoms with Crippen LogP contribution in [0.3, 0.4) is 0 Å². The van der Waals surface area contributed by atoms with Gasteiger partial charge in [-0.15, -0.1) is 0 Å². The highest BCUT2D eigenvalue weighted by atomic mass is 15.1. The number of rotatable bonds is 6. The molecule has 1 fully saturated rings. The predicted octanol–water partition coefficient (Wildman–Crippen LogP) is 0.670. The van der Waals surface area contributed by atoms with Crippen LogP contribution in [0.2, 0.25) is 0 Å². The first-order valence-electron chi connectivity index (χ1n) is 5.88. The van der Waals surface area contributed by atoms with E-state index in [9.17, 15) is 0 Å². The van der Waals surface area contributed by atoms with Crippen molar-refractivity contribution in [1.29, 1.82) is 0 Å². The molecule has 0 radical (unpaired) electrons. The zero-order valence-corrected chi connectivity index (χ0v) is 9.68. The van der Waals surface area contributed by atoms with E-state index in [4.69, 9.17) is 0 Å². The predicted molar refractivity (Wildman–Crippen MR) is 61.7 cm³/mol. The molecule has 1 aliphatic rings. The van der Waals surface area contributed by atoms with Gasteiger partial charge in [0.15, 0.2) is 0 Å². The molecule has 1 saturated heterocycles. The van der Waals surface area contributed by atoms with Gasteiger partial charge in [-0.25, -0.2) is 0 Å². The highest BCUT2D eigenvalue weighted by molar-refractivity contribution is 4.72. The molecule has 0 saturated carbocycles. The maximum atomic E-state index is 3.57. The van der Waals surface area contributed by atoms with Gasteiger partial charge in [0, 0.05) is 19.1 Å². The molecule has 0 aliphatic carbocycles. The van der Waals surface area contributed by atoms with Crippen LogP contribution in [0.4, 0.5) is 0 Å². The summed E-state index contributed by atoms with van der Waals surface area (Å²) in [5.74, 6) is 0. The van der Waals surface area contributed by atoms with Crippen molar-refractivity contribution in [3.63, 3.8) is 0 Å². The number of nitrogens with one attached hydrogen (secondary N) is 2. The normalized spacial score (nSPS) is 22.9. The van der Waals surface area contributed by atoms with Crippen LogP contribution in [0, 0.1) is 0 Å². The first-order valence-corrected chi connectivity index (χ1v) is 5.88. The minimum absolute atomic E-state index is 0.774. The fourth-order valence-corrected chi connectivity index (χ4v) is 1.87. The lowest BCUT2D eigenvalue weighted by Gasteiger charge is -2.23. The molecule has 1 heterocycles. The molecule has 3 heteroatoms. The van der Waals surface area contributed by atoms with E-state index in [1.54, 1.807) is 0 Å². The molecule has 3 nitrogen and oxygen atoms in total. The van der Waals surface area contributed by atoms with Crippen LogP contribution in [0.25, 0.3) is 0 Å². The van der Waals surface area contributed by atoms with E-state index < -0.39 is 0 Å². The van der Waals surface area contributed by atoms with E-state index in [-0.39, 0.29) is 0 Å². The minimum Gasteiger partial charge on any atom is -0.315 e. The van der Waals surface area contributed by atoms with Crippen LogP contribution in [0.5, 0.6) is 0 Å². The van der Waals surface area contributed by atoms with Crippen molar-refractivity contribution >= 4 is 0 Å². The Hall–Kier alpha value is -0.120. The summed E-state index contributed by atoms with van der Waals surface area (Å²) in [6, 6.07) is 0.774. The monoisotopic (exact) mass is 199 g/mol. The summed E-state index contributed by atoms with van der Waals surface area (Å²) in [5, 5.41) is 7.05. The third-order valence-corrected chi connectivity index (χ3v) is 2.82. The van der Waals surface area contributed by atoms with Crippen LogP contribution in [-0.4, -0.2) is 51.2 Å². The second-order valence-corrected chi connectivity index (χ2v) is 4.49. The summed E-state index contributed by atoms with van der Waals surface area (Å²) in [6.45, 7) is 4.63. The Balaban J connectivity index is 1.87. The summed E-state index contributed by atoms with van der Waals surface area (Å²) in [7, 11) is 4.23. The number of piperidine rings is 1. The summed E-state index contributed by atoms with van der Waals surface area (Å²) in [4.78, 5) is 2.21. The van der Waals surface area contributed by atoms with Gasteiger partial charge in [-0.1, -0.05) is 6.42 Å². The Morgan fingerprint density at radius 3 is 2.79 bits per heavy atom. The molecule has 1 unspecified atom stereocenters. The van der Waals surface area contributed by atoms with Crippen molar-refractivity contribution in [2.45, 2.75) is 31.7 Å². The van der Waals surface area contributed by atoms with Crippen LogP contribution in [0.1, 0.15) is 25.7 Å². The van der Waals surface area contributed by atoms with Crippen LogP contribution >= 0.6 is 0 Å². The summed E-state index contributed by atoms with van der Waals surface area (Å²) in [6.07, 6.45) is 5.43. The maximum absolute atomic E-state index is 3.57. The Bertz CT molecular complexity index is 130. The third-order valence-electron chi connectivity index (χ3n) is 2.82. The average molecular weight is 199 g/mol. The van der Waals surface area contributed by atoms with Crippen molar-refractivity contribution in [2.75, 3.05) is 40.3 Å². The summed E-state index contributed by atoms with van der Waals surface area (Å²) in [5.41, 5.74) is 0. The molecular formula is C11H25N3. The lowest BCUT2D eigenvalue weighted by atomic mass is 10.0. The van der Waals surface area contributed by atoms with Gasteiger partial charge in [-0.3, -0.25) is 0 Å². The van der Waals surface area contributed by atoms with Gasteiger partial charge in [0.2, 0.25) is 0 Å². The van der Waals surface area contributed by atoms with Gasteiger partial charge in [0.25, 0.3) is 0 Å². The molecule has 0 spiro atoms. The van der Waals surface area contributed by atoms with E-state index in [1.807, 2.05) is 0 Å². The summed E-state index contributed by atoms with van der Waals surface area (Å²) < 4.78 is 0. The number of hydrogen-bond donors (Lipinski definition) is 2. The quantitative estimate of drug-likeness (QED) is 0.616. The van der Waals surface area contributed by atoms with E-state index in [1.165, 1.54) is 32.2 Å². The fourth-order valence-electron chi connectivity index (χ4n) is 1.87. The molecule has 0 aromatic carbocycles. The van der Waals surface area contributed by atoms with E-state index in [2.05, 4.69) is 29.6 Å². The second kappa shape index (κ2) is 7.21. The van der Waals surface area contributed by atoms with Crippen LogP contribution in [0.15, 0.2) is 0 Å². The largest absolute Gasteiger partial charge is 0.315 e. The van der Waals surface area contributed by atoms with Crippen molar-refractivity contribution in [2.24, 2.45) is 0 Å². The number of likely N-dealkylation sites (N-methyl/N-ethyl adjacent to an activating group) is 1. The molecule has 1 rings (SSSR count). The van der Waals surface area contributed by atoms with E-state index in [0.717, 1.165) is 25.7 Å². The summed E-state index contributed by atoms with van der Waals surface area (Å²) >= 11 is 0. The van der Waals surface area contributed by atoms with Crippen molar-refractivity contribution in [3.8, 4) is 0 Å². The first-order chi connectivity index (χ1) is 6.79. The third kappa shape index (κ3) is 5.58. The molecule has 1 aliphatic heterocycles. The highest BCUT2D eigenvalue weighted by Gasteiger charge is 2.10. The Kier molecular flexibility index (Phi) is 6.15. The van der Waals surface area contributed by atoms with E-state index in [0.29, 0.717) is 0 Å². The molecular weight excluding hydrogens is 174 g/mol. The molecule has 0 amide bonds. The highest BCUT2D eigenvalue weighted by Crippen LogP contribution is 2.08. The molecule has 2 N–H and O–H groups in total.